The monoisotopic (exact) mass is 439 g/mol. The van der Waals surface area contributed by atoms with Gasteiger partial charge in [-0.05, 0) is 37.1 Å². The number of hydrogen-bond acceptors (Lipinski definition) is 6. The molecule has 2 saturated heterocycles. The van der Waals surface area contributed by atoms with Crippen LogP contribution in [0.15, 0.2) is 53.2 Å². The highest BCUT2D eigenvalue weighted by molar-refractivity contribution is 6.33. The maximum Gasteiger partial charge on any atom is 0.321 e. The Hall–Kier alpha value is -2.97. The lowest BCUT2D eigenvalue weighted by atomic mass is 9.72. The molecule has 2 aliphatic rings. The molecule has 2 aliphatic heterocycles. The minimum Gasteiger partial charge on any atom is -0.420 e. The van der Waals surface area contributed by atoms with Crippen molar-refractivity contribution in [2.24, 2.45) is 5.41 Å². The van der Waals surface area contributed by atoms with Gasteiger partial charge in [-0.1, -0.05) is 23.7 Å². The van der Waals surface area contributed by atoms with E-state index in [-0.39, 0.29) is 17.4 Å². The van der Waals surface area contributed by atoms with Gasteiger partial charge < -0.3 is 19.4 Å². The first-order chi connectivity index (χ1) is 15.1. The maximum atomic E-state index is 13.0. The normalized spacial score (nSPS) is 20.2. The summed E-state index contributed by atoms with van der Waals surface area (Å²) in [5.41, 5.74) is 1.26. The van der Waals surface area contributed by atoms with E-state index in [0.717, 1.165) is 18.4 Å². The molecule has 0 bridgehead atoms. The van der Waals surface area contributed by atoms with Crippen molar-refractivity contribution in [1.82, 2.24) is 20.1 Å². The zero-order chi connectivity index (χ0) is 21.3. The van der Waals surface area contributed by atoms with Gasteiger partial charge in [-0.15, -0.1) is 10.2 Å². The molecule has 2 aromatic heterocycles. The molecule has 1 spiro atoms. The van der Waals surface area contributed by atoms with Crippen LogP contribution in [0.3, 0.4) is 0 Å². The second-order valence-electron chi connectivity index (χ2n) is 8.00. The Balaban J connectivity index is 1.40. The standard InChI is InChI=1S/C22H22ClN5O3/c23-17-3-1-2-4-18(17)25-21(29)28-13-16(22(14-28)7-11-30-12-8-22)20-27-26-19(31-20)15-5-9-24-10-6-15/h1-6,9-10,16H,7-8,11-14H2,(H,25,29). The van der Waals surface area contributed by atoms with Gasteiger partial charge in [0.15, 0.2) is 0 Å². The highest BCUT2D eigenvalue weighted by atomic mass is 35.5. The van der Waals surface area contributed by atoms with Crippen molar-refractivity contribution in [2.45, 2.75) is 18.8 Å². The molecule has 4 heterocycles. The van der Waals surface area contributed by atoms with Crippen LogP contribution in [0.25, 0.3) is 11.5 Å². The Morgan fingerprint density at radius 1 is 1.13 bits per heavy atom. The van der Waals surface area contributed by atoms with Crippen LogP contribution < -0.4 is 5.32 Å². The molecule has 1 N–H and O–H groups in total. The van der Waals surface area contributed by atoms with Crippen molar-refractivity contribution in [3.8, 4) is 11.5 Å². The number of hydrogen-bond donors (Lipinski definition) is 1. The van der Waals surface area contributed by atoms with Crippen molar-refractivity contribution in [3.63, 3.8) is 0 Å². The Kier molecular flexibility index (Phi) is 5.33. The number of urea groups is 1. The van der Waals surface area contributed by atoms with Gasteiger partial charge in [0.05, 0.1) is 16.6 Å². The first-order valence-electron chi connectivity index (χ1n) is 10.3. The average molecular weight is 440 g/mol. The van der Waals surface area contributed by atoms with Gasteiger partial charge in [-0.3, -0.25) is 4.98 Å². The molecule has 2 amide bonds. The number of aromatic nitrogens is 3. The van der Waals surface area contributed by atoms with Crippen LogP contribution in [0.5, 0.6) is 0 Å². The number of halogens is 1. The third kappa shape index (κ3) is 3.88. The van der Waals surface area contributed by atoms with Gasteiger partial charge in [0, 0.05) is 49.7 Å². The van der Waals surface area contributed by atoms with Gasteiger partial charge >= 0.3 is 6.03 Å². The van der Waals surface area contributed by atoms with Crippen LogP contribution in [-0.4, -0.2) is 52.4 Å². The first-order valence-corrected chi connectivity index (χ1v) is 10.6. The van der Waals surface area contributed by atoms with E-state index in [1.54, 1.807) is 24.5 Å². The molecule has 0 radical (unpaired) electrons. The highest BCUT2D eigenvalue weighted by Crippen LogP contribution is 2.49. The summed E-state index contributed by atoms with van der Waals surface area (Å²) in [5, 5.41) is 12.0. The van der Waals surface area contributed by atoms with E-state index in [1.807, 2.05) is 29.2 Å². The molecule has 31 heavy (non-hydrogen) atoms. The smallest absolute Gasteiger partial charge is 0.321 e. The molecule has 9 heteroatoms. The Labute approximate surface area is 184 Å². The van der Waals surface area contributed by atoms with E-state index < -0.39 is 0 Å². The van der Waals surface area contributed by atoms with E-state index in [0.29, 0.717) is 48.8 Å². The molecule has 0 aliphatic carbocycles. The topological polar surface area (TPSA) is 93.4 Å². The molecule has 1 unspecified atom stereocenters. The predicted molar refractivity (Wildman–Crippen MR) is 115 cm³/mol. The van der Waals surface area contributed by atoms with Crippen LogP contribution in [-0.2, 0) is 4.74 Å². The summed E-state index contributed by atoms with van der Waals surface area (Å²) >= 11 is 6.22. The molecule has 1 aromatic carbocycles. The number of carbonyl (C=O) groups is 1. The van der Waals surface area contributed by atoms with E-state index in [9.17, 15) is 4.79 Å². The second kappa shape index (κ2) is 8.28. The van der Waals surface area contributed by atoms with Crippen LogP contribution in [0.2, 0.25) is 5.02 Å². The third-order valence-electron chi connectivity index (χ3n) is 6.21. The number of benzene rings is 1. The van der Waals surface area contributed by atoms with Gasteiger partial charge in [-0.2, -0.15) is 0 Å². The molecule has 5 rings (SSSR count). The summed E-state index contributed by atoms with van der Waals surface area (Å²) in [6.07, 6.45) is 5.05. The lowest BCUT2D eigenvalue weighted by Crippen LogP contribution is -2.38. The maximum absolute atomic E-state index is 13.0. The number of pyridine rings is 1. The number of amides is 2. The average Bonchev–Trinajstić information content (AvgIpc) is 3.42. The Bertz CT molecular complexity index is 1070. The fourth-order valence-corrected chi connectivity index (χ4v) is 4.67. The summed E-state index contributed by atoms with van der Waals surface area (Å²) < 4.78 is 11.7. The molecule has 0 saturated carbocycles. The lowest BCUT2D eigenvalue weighted by Gasteiger charge is -2.36. The number of para-hydroxylation sites is 1. The van der Waals surface area contributed by atoms with Crippen LogP contribution in [0.1, 0.15) is 24.7 Å². The van der Waals surface area contributed by atoms with Crippen LogP contribution in [0, 0.1) is 5.41 Å². The molecule has 1 atom stereocenters. The zero-order valence-corrected chi connectivity index (χ0v) is 17.6. The van der Waals surface area contributed by atoms with E-state index in [1.165, 1.54) is 0 Å². The number of nitrogens with one attached hydrogen (secondary N) is 1. The highest BCUT2D eigenvalue weighted by Gasteiger charge is 2.51. The molecule has 160 valence electrons. The van der Waals surface area contributed by atoms with Gasteiger partial charge in [0.1, 0.15) is 0 Å². The predicted octanol–water partition coefficient (Wildman–Crippen LogP) is 4.21. The lowest BCUT2D eigenvalue weighted by molar-refractivity contribution is 0.0104. The number of rotatable bonds is 3. The summed E-state index contributed by atoms with van der Waals surface area (Å²) in [4.78, 5) is 18.9. The summed E-state index contributed by atoms with van der Waals surface area (Å²) in [6.45, 7) is 2.40. The number of carbonyl (C=O) groups excluding carboxylic acids is 1. The Morgan fingerprint density at radius 3 is 2.68 bits per heavy atom. The van der Waals surface area contributed by atoms with Crippen LogP contribution in [0.4, 0.5) is 10.5 Å². The zero-order valence-electron chi connectivity index (χ0n) is 16.8. The Morgan fingerprint density at radius 2 is 1.90 bits per heavy atom. The first kappa shape index (κ1) is 20.0. The summed E-state index contributed by atoms with van der Waals surface area (Å²) in [7, 11) is 0. The molecular formula is C22H22ClN5O3. The van der Waals surface area contributed by atoms with Gasteiger partial charge in [-0.25, -0.2) is 4.79 Å². The van der Waals surface area contributed by atoms with Crippen molar-refractivity contribution in [2.75, 3.05) is 31.6 Å². The van der Waals surface area contributed by atoms with E-state index >= 15 is 0 Å². The molecular weight excluding hydrogens is 418 g/mol. The molecule has 8 nitrogen and oxygen atoms in total. The number of anilines is 1. The van der Waals surface area contributed by atoms with Crippen molar-refractivity contribution >= 4 is 23.3 Å². The second-order valence-corrected chi connectivity index (χ2v) is 8.41. The van der Waals surface area contributed by atoms with E-state index in [4.69, 9.17) is 20.8 Å². The SMILES string of the molecule is O=C(Nc1ccccc1Cl)N1CC(c2nnc(-c3ccncc3)o2)C2(CCOCC2)C1. The summed E-state index contributed by atoms with van der Waals surface area (Å²) in [6, 6.07) is 10.7. The number of ether oxygens (including phenoxy) is 1. The van der Waals surface area contributed by atoms with Crippen molar-refractivity contribution in [1.29, 1.82) is 0 Å². The van der Waals surface area contributed by atoms with Crippen molar-refractivity contribution in [3.05, 3.63) is 59.7 Å². The number of nitrogens with zero attached hydrogens (tertiary/aromatic N) is 4. The fraction of sp³-hybridized carbons (Fsp3) is 0.364. The third-order valence-corrected chi connectivity index (χ3v) is 6.53. The molecule has 3 aromatic rings. The minimum absolute atomic E-state index is 0.0588. The molecule has 2 fully saturated rings. The van der Waals surface area contributed by atoms with Crippen molar-refractivity contribution < 1.29 is 13.9 Å². The quantitative estimate of drug-likeness (QED) is 0.657. The summed E-state index contributed by atoms with van der Waals surface area (Å²) in [5.74, 6) is 0.955. The number of likely N-dealkylation sites (tertiary alicyclic amines) is 1. The van der Waals surface area contributed by atoms with Crippen LogP contribution >= 0.6 is 11.6 Å². The minimum atomic E-state index is -0.185. The van der Waals surface area contributed by atoms with Gasteiger partial charge in [0.25, 0.3) is 0 Å². The largest absolute Gasteiger partial charge is 0.420 e. The van der Waals surface area contributed by atoms with E-state index in [2.05, 4.69) is 20.5 Å². The fourth-order valence-electron chi connectivity index (χ4n) is 4.49. The van der Waals surface area contributed by atoms with Gasteiger partial charge in [0.2, 0.25) is 11.8 Å².